The Kier molecular flexibility index (Phi) is 11.0. The molecule has 3 aromatic carbocycles. The van der Waals surface area contributed by atoms with Gasteiger partial charge in [-0.1, -0.05) is 91.0 Å². The fourth-order valence-electron chi connectivity index (χ4n) is 5.40. The molecule has 1 aliphatic heterocycles. The molecule has 0 spiro atoms. The second kappa shape index (κ2) is 14.4. The fourth-order valence-corrected chi connectivity index (χ4v) is 6.15. The normalized spacial score (nSPS) is 19.4. The zero-order chi connectivity index (χ0) is 31.0. The third kappa shape index (κ3) is 7.44. The van der Waals surface area contributed by atoms with E-state index in [2.05, 4.69) is 46.6 Å². The number of nitrogens with zero attached hydrogens (tertiary/aromatic N) is 3. The first kappa shape index (κ1) is 32.6. The van der Waals surface area contributed by atoms with Gasteiger partial charge in [-0.15, -0.1) is 0 Å². The lowest BCUT2D eigenvalue weighted by atomic mass is 9.75. The summed E-state index contributed by atoms with van der Waals surface area (Å²) in [6, 6.07) is 30.8. The van der Waals surface area contributed by atoms with Gasteiger partial charge in [-0.25, -0.2) is 4.67 Å². The minimum Gasteiger partial charge on any atom is -0.354 e. The lowest BCUT2D eigenvalue weighted by Crippen LogP contribution is -2.61. The van der Waals surface area contributed by atoms with E-state index < -0.39 is 30.7 Å². The SMILES string of the molecule is C/C(=C/N(C)C1CN(C(c2ccccc2)(c2ccccc2)c2ccccc2)CC(COP(=O)(Cl)N(C)C)O1)C(=O)NC=O. The van der Waals surface area contributed by atoms with E-state index in [1.807, 2.05) is 61.6 Å². The van der Waals surface area contributed by atoms with Crippen LogP contribution in [0.25, 0.3) is 0 Å². The van der Waals surface area contributed by atoms with Gasteiger partial charge in [0.15, 0.2) is 0 Å². The number of halogens is 1. The predicted octanol–water partition coefficient (Wildman–Crippen LogP) is 5.04. The van der Waals surface area contributed by atoms with E-state index in [1.54, 1.807) is 32.1 Å². The highest BCUT2D eigenvalue weighted by Crippen LogP contribution is 2.54. The Hall–Kier alpha value is -3.30. The van der Waals surface area contributed by atoms with Gasteiger partial charge in [-0.05, 0) is 49.0 Å². The van der Waals surface area contributed by atoms with Crippen LogP contribution in [0.5, 0.6) is 0 Å². The van der Waals surface area contributed by atoms with Gasteiger partial charge in [-0.3, -0.25) is 24.4 Å². The van der Waals surface area contributed by atoms with Crippen LogP contribution >= 0.6 is 18.1 Å². The molecule has 2 amide bonds. The third-order valence-corrected chi connectivity index (χ3v) is 10.1. The van der Waals surface area contributed by atoms with Gasteiger partial charge >= 0.3 is 6.87 Å². The zero-order valence-corrected chi connectivity index (χ0v) is 26.4. The van der Waals surface area contributed by atoms with Crippen molar-refractivity contribution in [2.24, 2.45) is 0 Å². The quantitative estimate of drug-likeness (QED) is 0.130. The van der Waals surface area contributed by atoms with Gasteiger partial charge < -0.3 is 14.2 Å². The second-order valence-electron chi connectivity index (χ2n) is 10.6. The Balaban J connectivity index is 1.86. The number of morpholine rings is 1. The first-order valence-corrected chi connectivity index (χ1v) is 16.4. The van der Waals surface area contributed by atoms with E-state index in [-0.39, 0.29) is 6.61 Å². The molecule has 9 nitrogen and oxygen atoms in total. The molecule has 1 aliphatic rings. The highest BCUT2D eigenvalue weighted by molar-refractivity contribution is 7.83. The van der Waals surface area contributed by atoms with Crippen molar-refractivity contribution in [2.45, 2.75) is 24.8 Å². The first-order chi connectivity index (χ1) is 20.6. The molecule has 1 fully saturated rings. The van der Waals surface area contributed by atoms with Crippen molar-refractivity contribution in [1.82, 2.24) is 19.8 Å². The molecule has 11 heteroatoms. The standard InChI is InChI=1S/C32H38ClN4O5P/c1-25(31(39)34-24-38)20-36(4)30-22-37(21-29(42-30)23-41-43(33,40)35(2)3)32(26-14-8-5-9-15-26,27-16-10-6-11-17-27)28-18-12-7-13-19-28/h5-20,24,29-30H,21-23H2,1-4H3,(H,34,38,39)/b25-20-. The average Bonchev–Trinajstić information content (AvgIpc) is 3.02. The van der Waals surface area contributed by atoms with Crippen LogP contribution in [0.1, 0.15) is 23.6 Å². The maximum absolute atomic E-state index is 12.9. The van der Waals surface area contributed by atoms with E-state index in [9.17, 15) is 14.2 Å². The summed E-state index contributed by atoms with van der Waals surface area (Å²) in [5.74, 6) is -0.504. The van der Waals surface area contributed by atoms with E-state index in [1.165, 1.54) is 4.67 Å². The number of carbonyl (C=O) groups is 2. The van der Waals surface area contributed by atoms with Gasteiger partial charge in [0.2, 0.25) is 6.41 Å². The summed E-state index contributed by atoms with van der Waals surface area (Å²) in [5, 5.41) is 2.17. The van der Waals surface area contributed by atoms with Gasteiger partial charge in [0.1, 0.15) is 6.23 Å². The van der Waals surface area contributed by atoms with Gasteiger partial charge in [-0.2, -0.15) is 0 Å². The van der Waals surface area contributed by atoms with Crippen LogP contribution in [0, 0.1) is 0 Å². The monoisotopic (exact) mass is 624 g/mol. The Labute approximate surface area is 258 Å². The predicted molar refractivity (Wildman–Crippen MR) is 168 cm³/mol. The number of nitrogens with one attached hydrogen (secondary N) is 1. The molecular weight excluding hydrogens is 587 g/mol. The summed E-state index contributed by atoms with van der Waals surface area (Å²) in [6.45, 7) is -1.11. The molecule has 0 saturated carbocycles. The van der Waals surface area contributed by atoms with E-state index in [4.69, 9.17) is 20.5 Å². The highest BCUT2D eigenvalue weighted by atomic mass is 35.7. The van der Waals surface area contributed by atoms with Crippen LogP contribution in [-0.4, -0.2) is 80.0 Å². The Morgan fingerprint density at radius 2 is 1.47 bits per heavy atom. The summed E-state index contributed by atoms with van der Waals surface area (Å²) in [4.78, 5) is 27.3. The molecule has 43 heavy (non-hydrogen) atoms. The average molecular weight is 625 g/mol. The topological polar surface area (TPSA) is 91.4 Å². The summed E-state index contributed by atoms with van der Waals surface area (Å²) in [5.41, 5.74) is 2.77. The fraction of sp³-hybridized carbons (Fsp3) is 0.312. The summed E-state index contributed by atoms with van der Waals surface area (Å²) >= 11 is 6.23. The van der Waals surface area contributed by atoms with Crippen molar-refractivity contribution < 1.29 is 23.4 Å². The van der Waals surface area contributed by atoms with Crippen molar-refractivity contribution in [1.29, 1.82) is 0 Å². The van der Waals surface area contributed by atoms with E-state index in [0.717, 1.165) is 16.7 Å². The molecule has 3 aromatic rings. The smallest absolute Gasteiger partial charge is 0.354 e. The molecule has 0 bridgehead atoms. The Morgan fingerprint density at radius 1 is 0.977 bits per heavy atom. The molecule has 1 saturated heterocycles. The summed E-state index contributed by atoms with van der Waals surface area (Å²) < 4.78 is 26.5. The lowest BCUT2D eigenvalue weighted by molar-refractivity contribution is -0.157. The second-order valence-corrected chi connectivity index (χ2v) is 13.8. The maximum Gasteiger partial charge on any atom is 0.362 e. The van der Waals surface area contributed by atoms with Crippen LogP contribution in [0.15, 0.2) is 103 Å². The Bertz CT molecular complexity index is 1350. The molecular formula is C32H38ClN4O5P. The van der Waals surface area contributed by atoms with Crippen molar-refractivity contribution in [2.75, 3.05) is 40.8 Å². The first-order valence-electron chi connectivity index (χ1n) is 13.9. The maximum atomic E-state index is 12.9. The number of imide groups is 1. The molecule has 1 heterocycles. The molecule has 3 unspecified atom stereocenters. The minimum atomic E-state index is -3.56. The van der Waals surface area contributed by atoms with Gasteiger partial charge in [0.25, 0.3) is 5.91 Å². The highest BCUT2D eigenvalue weighted by Gasteiger charge is 2.46. The molecule has 0 aromatic heterocycles. The molecule has 3 atom stereocenters. The number of ether oxygens (including phenoxy) is 1. The van der Waals surface area contributed by atoms with Crippen molar-refractivity contribution in [3.05, 3.63) is 119 Å². The van der Waals surface area contributed by atoms with E-state index in [0.29, 0.717) is 25.1 Å². The van der Waals surface area contributed by atoms with Crippen molar-refractivity contribution >= 4 is 30.4 Å². The number of amides is 2. The van der Waals surface area contributed by atoms with Crippen molar-refractivity contribution in [3.63, 3.8) is 0 Å². The molecule has 4 rings (SSSR count). The Morgan fingerprint density at radius 3 is 1.91 bits per heavy atom. The van der Waals surface area contributed by atoms with Crippen LogP contribution in [0.2, 0.25) is 0 Å². The number of benzene rings is 3. The van der Waals surface area contributed by atoms with Crippen molar-refractivity contribution in [3.8, 4) is 0 Å². The lowest BCUT2D eigenvalue weighted by Gasteiger charge is -2.51. The van der Waals surface area contributed by atoms with Crippen LogP contribution in [0.3, 0.4) is 0 Å². The number of carbonyl (C=O) groups excluding carboxylic acids is 2. The number of hydrogen-bond donors (Lipinski definition) is 1. The number of hydrogen-bond acceptors (Lipinski definition) is 7. The van der Waals surface area contributed by atoms with E-state index >= 15 is 0 Å². The molecule has 1 N–H and O–H groups in total. The number of rotatable bonds is 12. The zero-order valence-electron chi connectivity index (χ0n) is 24.8. The molecule has 228 valence electrons. The van der Waals surface area contributed by atoms with Crippen LogP contribution < -0.4 is 5.32 Å². The third-order valence-electron chi connectivity index (χ3n) is 7.50. The minimum absolute atomic E-state index is 0.0252. The number of likely N-dealkylation sites (N-methyl/N-ethyl adjacent to an activating group) is 1. The molecule has 0 radical (unpaired) electrons. The van der Waals surface area contributed by atoms with Crippen LogP contribution in [-0.2, 0) is 29.0 Å². The van der Waals surface area contributed by atoms with Crippen LogP contribution in [0.4, 0.5) is 0 Å². The summed E-state index contributed by atoms with van der Waals surface area (Å²) in [7, 11) is 5.01. The van der Waals surface area contributed by atoms with Gasteiger partial charge in [0.05, 0.1) is 18.2 Å². The largest absolute Gasteiger partial charge is 0.362 e. The van der Waals surface area contributed by atoms with Gasteiger partial charge in [0, 0.05) is 31.9 Å². The summed E-state index contributed by atoms with van der Waals surface area (Å²) in [6.07, 6.45) is 0.911. The molecule has 0 aliphatic carbocycles.